The van der Waals surface area contributed by atoms with Crippen molar-refractivity contribution in [2.75, 3.05) is 11.9 Å². The molecule has 0 aliphatic carbocycles. The fourth-order valence-electron chi connectivity index (χ4n) is 2.45. The number of carbonyl (C=O) groups excluding carboxylic acids is 1. The van der Waals surface area contributed by atoms with Gasteiger partial charge in [-0.05, 0) is 49.6 Å². The fourth-order valence-corrected chi connectivity index (χ4v) is 2.45. The van der Waals surface area contributed by atoms with Crippen LogP contribution < -0.4 is 5.32 Å². The van der Waals surface area contributed by atoms with Crippen LogP contribution in [0, 0.1) is 0 Å². The molecule has 2 heterocycles. The topological polar surface area (TPSA) is 93.5 Å². The van der Waals surface area contributed by atoms with E-state index in [-0.39, 0.29) is 17.7 Å². The van der Waals surface area contributed by atoms with Gasteiger partial charge in [-0.3, -0.25) is 4.79 Å². The zero-order valence-electron chi connectivity index (χ0n) is 12.4. The maximum Gasteiger partial charge on any atom is 0.356 e. The molecule has 0 saturated carbocycles. The molecule has 0 spiro atoms. The highest BCUT2D eigenvalue weighted by Gasteiger charge is 2.21. The molecule has 0 unspecified atom stereocenters. The van der Waals surface area contributed by atoms with E-state index in [0.29, 0.717) is 18.0 Å². The molecule has 7 heteroatoms. The summed E-state index contributed by atoms with van der Waals surface area (Å²) >= 11 is 0. The zero-order chi connectivity index (χ0) is 16.2. The summed E-state index contributed by atoms with van der Waals surface area (Å²) in [4.78, 5) is 22.9. The SMILES string of the molecule is O=C(O)c1ccn(-c2ccc(NC(=O)[C@@H]3CCCCO3)cc2)n1. The Morgan fingerprint density at radius 2 is 2.00 bits per heavy atom. The van der Waals surface area contributed by atoms with Crippen molar-refractivity contribution in [3.05, 3.63) is 42.2 Å². The van der Waals surface area contributed by atoms with Crippen molar-refractivity contribution in [1.29, 1.82) is 0 Å². The second-order valence-electron chi connectivity index (χ2n) is 5.34. The normalized spacial score (nSPS) is 17.7. The molecule has 0 bridgehead atoms. The molecule has 1 atom stereocenters. The van der Waals surface area contributed by atoms with Crippen LogP contribution in [-0.2, 0) is 9.53 Å². The second kappa shape index (κ2) is 6.62. The number of amides is 1. The lowest BCUT2D eigenvalue weighted by Crippen LogP contribution is -2.33. The minimum absolute atomic E-state index is 0.0168. The summed E-state index contributed by atoms with van der Waals surface area (Å²) in [6, 6.07) is 8.45. The summed E-state index contributed by atoms with van der Waals surface area (Å²) in [5.74, 6) is -1.20. The van der Waals surface area contributed by atoms with Gasteiger partial charge in [0.15, 0.2) is 5.69 Å². The van der Waals surface area contributed by atoms with E-state index >= 15 is 0 Å². The third kappa shape index (κ3) is 3.57. The second-order valence-corrected chi connectivity index (χ2v) is 5.34. The largest absolute Gasteiger partial charge is 0.476 e. The van der Waals surface area contributed by atoms with Gasteiger partial charge in [-0.15, -0.1) is 0 Å². The van der Waals surface area contributed by atoms with Gasteiger partial charge in [0.1, 0.15) is 6.10 Å². The van der Waals surface area contributed by atoms with E-state index in [1.165, 1.54) is 10.7 Å². The number of ether oxygens (including phenoxy) is 1. The molecule has 1 aromatic carbocycles. The number of hydrogen-bond donors (Lipinski definition) is 2. The van der Waals surface area contributed by atoms with E-state index in [2.05, 4.69) is 10.4 Å². The summed E-state index contributed by atoms with van der Waals surface area (Å²) in [5.41, 5.74) is 1.36. The van der Waals surface area contributed by atoms with E-state index < -0.39 is 5.97 Å². The Bertz CT molecular complexity index is 702. The van der Waals surface area contributed by atoms with Crippen molar-refractivity contribution in [2.45, 2.75) is 25.4 Å². The Balaban J connectivity index is 1.66. The van der Waals surface area contributed by atoms with Gasteiger partial charge in [-0.2, -0.15) is 5.10 Å². The minimum atomic E-state index is -1.07. The number of hydrogen-bond acceptors (Lipinski definition) is 4. The first-order chi connectivity index (χ1) is 11.1. The number of nitrogens with one attached hydrogen (secondary N) is 1. The van der Waals surface area contributed by atoms with Gasteiger partial charge in [-0.1, -0.05) is 0 Å². The standard InChI is InChI=1S/C16H17N3O4/c20-15(14-3-1-2-10-23-14)17-11-4-6-12(7-5-11)19-9-8-13(18-19)16(21)22/h4-9,14H,1-3,10H2,(H,17,20)(H,21,22)/t14-/m0/s1. The molecule has 3 rings (SSSR count). The molecule has 1 fully saturated rings. The lowest BCUT2D eigenvalue weighted by atomic mass is 10.1. The summed E-state index contributed by atoms with van der Waals surface area (Å²) in [5, 5.41) is 15.7. The van der Waals surface area contributed by atoms with E-state index in [1.54, 1.807) is 30.5 Å². The van der Waals surface area contributed by atoms with Crippen LogP contribution in [0.3, 0.4) is 0 Å². The molecule has 1 amide bonds. The number of carboxylic acid groups (broad SMARTS) is 1. The van der Waals surface area contributed by atoms with Crippen LogP contribution in [-0.4, -0.2) is 39.5 Å². The van der Waals surface area contributed by atoms with Crippen LogP contribution in [0.25, 0.3) is 5.69 Å². The molecule has 7 nitrogen and oxygen atoms in total. The minimum Gasteiger partial charge on any atom is -0.476 e. The van der Waals surface area contributed by atoms with E-state index in [9.17, 15) is 9.59 Å². The average Bonchev–Trinajstić information content (AvgIpc) is 3.07. The summed E-state index contributed by atoms with van der Waals surface area (Å²) in [6.07, 6.45) is 3.94. The van der Waals surface area contributed by atoms with Crippen LogP contribution in [0.15, 0.2) is 36.5 Å². The van der Waals surface area contributed by atoms with Crippen molar-refractivity contribution < 1.29 is 19.4 Å². The van der Waals surface area contributed by atoms with Crippen molar-refractivity contribution >= 4 is 17.6 Å². The first-order valence-corrected chi connectivity index (χ1v) is 7.45. The van der Waals surface area contributed by atoms with Crippen molar-refractivity contribution in [3.63, 3.8) is 0 Å². The quantitative estimate of drug-likeness (QED) is 0.901. The number of anilines is 1. The molecular weight excluding hydrogens is 298 g/mol. The van der Waals surface area contributed by atoms with Gasteiger partial charge in [0.2, 0.25) is 0 Å². The lowest BCUT2D eigenvalue weighted by Gasteiger charge is -2.21. The number of nitrogens with zero attached hydrogens (tertiary/aromatic N) is 2. The molecular formula is C16H17N3O4. The molecule has 2 N–H and O–H groups in total. The monoisotopic (exact) mass is 315 g/mol. The molecule has 23 heavy (non-hydrogen) atoms. The molecule has 1 aromatic heterocycles. The van der Waals surface area contributed by atoms with Crippen LogP contribution in [0.5, 0.6) is 0 Å². The first-order valence-electron chi connectivity index (χ1n) is 7.45. The molecule has 1 saturated heterocycles. The van der Waals surface area contributed by atoms with Gasteiger partial charge in [0.25, 0.3) is 5.91 Å². The summed E-state index contributed by atoms with van der Waals surface area (Å²) < 4.78 is 6.92. The van der Waals surface area contributed by atoms with Crippen molar-refractivity contribution in [3.8, 4) is 5.69 Å². The number of aromatic nitrogens is 2. The van der Waals surface area contributed by atoms with Gasteiger partial charge >= 0.3 is 5.97 Å². The highest BCUT2D eigenvalue weighted by Crippen LogP contribution is 2.17. The van der Waals surface area contributed by atoms with Crippen LogP contribution in [0.2, 0.25) is 0 Å². The fraction of sp³-hybridized carbons (Fsp3) is 0.312. The Morgan fingerprint density at radius 3 is 2.61 bits per heavy atom. The molecule has 0 radical (unpaired) electrons. The number of carboxylic acids is 1. The molecule has 2 aromatic rings. The maximum absolute atomic E-state index is 12.1. The number of carbonyl (C=O) groups is 2. The van der Waals surface area contributed by atoms with E-state index in [0.717, 1.165) is 19.3 Å². The van der Waals surface area contributed by atoms with Crippen LogP contribution >= 0.6 is 0 Å². The smallest absolute Gasteiger partial charge is 0.356 e. The molecule has 1 aliphatic heterocycles. The molecule has 120 valence electrons. The molecule has 1 aliphatic rings. The van der Waals surface area contributed by atoms with Gasteiger partial charge in [0.05, 0.1) is 5.69 Å². The summed E-state index contributed by atoms with van der Waals surface area (Å²) in [7, 11) is 0. The van der Waals surface area contributed by atoms with Crippen LogP contribution in [0.1, 0.15) is 29.8 Å². The van der Waals surface area contributed by atoms with Crippen molar-refractivity contribution in [2.24, 2.45) is 0 Å². The van der Waals surface area contributed by atoms with E-state index in [4.69, 9.17) is 9.84 Å². The highest BCUT2D eigenvalue weighted by molar-refractivity contribution is 5.94. The van der Waals surface area contributed by atoms with E-state index in [1.807, 2.05) is 0 Å². The third-order valence-corrected chi connectivity index (χ3v) is 3.68. The Hall–Kier alpha value is -2.67. The summed E-state index contributed by atoms with van der Waals surface area (Å²) in [6.45, 7) is 0.627. The Labute approximate surface area is 132 Å². The maximum atomic E-state index is 12.1. The van der Waals surface area contributed by atoms with Gasteiger partial charge in [-0.25, -0.2) is 9.48 Å². The zero-order valence-corrected chi connectivity index (χ0v) is 12.4. The Morgan fingerprint density at radius 1 is 1.22 bits per heavy atom. The van der Waals surface area contributed by atoms with Gasteiger partial charge in [0, 0.05) is 18.5 Å². The predicted octanol–water partition coefficient (Wildman–Crippen LogP) is 2.08. The number of benzene rings is 1. The average molecular weight is 315 g/mol. The number of rotatable bonds is 4. The lowest BCUT2D eigenvalue weighted by molar-refractivity contribution is -0.129. The van der Waals surface area contributed by atoms with Crippen LogP contribution in [0.4, 0.5) is 5.69 Å². The third-order valence-electron chi connectivity index (χ3n) is 3.68. The highest BCUT2D eigenvalue weighted by atomic mass is 16.5. The van der Waals surface area contributed by atoms with Gasteiger partial charge < -0.3 is 15.2 Å². The van der Waals surface area contributed by atoms with Crippen molar-refractivity contribution in [1.82, 2.24) is 9.78 Å². The Kier molecular flexibility index (Phi) is 4.38. The first kappa shape index (κ1) is 15.2. The number of aromatic carboxylic acids is 1. The predicted molar refractivity (Wildman–Crippen MR) is 82.7 cm³/mol.